The van der Waals surface area contributed by atoms with Crippen LogP contribution in [0, 0.1) is 13.8 Å². The maximum atomic E-state index is 12.9. The van der Waals surface area contributed by atoms with Gasteiger partial charge in [-0.1, -0.05) is 5.16 Å². The Hall–Kier alpha value is -3.12. The Balaban J connectivity index is 1.62. The Morgan fingerprint density at radius 3 is 2.06 bits per heavy atom. The number of aromatic nitrogens is 1. The monoisotopic (exact) mass is 480 g/mol. The molecule has 2 amide bonds. The highest BCUT2D eigenvalue weighted by Crippen LogP contribution is 2.24. The molecule has 1 N–H and O–H groups in total. The van der Waals surface area contributed by atoms with Crippen LogP contribution in [0.4, 0.5) is 0 Å². The summed E-state index contributed by atoms with van der Waals surface area (Å²) in [5, 5.41) is 3.65. The first kappa shape index (κ1) is 24.5. The summed E-state index contributed by atoms with van der Waals surface area (Å²) in [6, 6.07) is 3.95. The average molecular weight is 481 g/mol. The molecule has 0 unspecified atom stereocenters. The highest BCUT2D eigenvalue weighted by atomic mass is 32.2. The molecule has 0 radical (unpaired) electrons. The molecule has 1 aromatic heterocycles. The Morgan fingerprint density at radius 2 is 1.58 bits per heavy atom. The van der Waals surface area contributed by atoms with Crippen LogP contribution in [-0.4, -0.2) is 81.6 Å². The predicted octanol–water partition coefficient (Wildman–Crippen LogP) is 0.960. The van der Waals surface area contributed by atoms with Crippen LogP contribution in [0.15, 0.2) is 27.6 Å². The van der Waals surface area contributed by atoms with Gasteiger partial charge in [0, 0.05) is 37.8 Å². The largest absolute Gasteiger partial charge is 0.497 e. The predicted molar refractivity (Wildman–Crippen MR) is 118 cm³/mol. The van der Waals surface area contributed by atoms with E-state index in [9.17, 15) is 18.0 Å². The van der Waals surface area contributed by atoms with Crippen LogP contribution < -0.4 is 14.2 Å². The number of carbonyl (C=O) groups is 2. The fraction of sp³-hybridized carbons (Fsp3) is 0.476. The molecule has 1 atom stereocenters. The number of nitrogens with zero attached hydrogens (tertiary/aromatic N) is 3. The molecule has 1 fully saturated rings. The molecule has 0 saturated carbocycles. The van der Waals surface area contributed by atoms with Crippen LogP contribution in [0.5, 0.6) is 11.5 Å². The van der Waals surface area contributed by atoms with E-state index in [1.54, 1.807) is 23.1 Å². The number of amides is 2. The minimum Gasteiger partial charge on any atom is -0.497 e. The number of piperazine rings is 1. The van der Waals surface area contributed by atoms with Crippen molar-refractivity contribution >= 4 is 21.8 Å². The first-order valence-electron chi connectivity index (χ1n) is 10.3. The smallest absolute Gasteiger partial charge is 0.254 e. The molecule has 1 aromatic carbocycles. The summed E-state index contributed by atoms with van der Waals surface area (Å²) in [5.41, 5.74) is 0.646. The van der Waals surface area contributed by atoms with E-state index in [1.165, 1.54) is 39.9 Å². The molecule has 11 nitrogen and oxygen atoms in total. The van der Waals surface area contributed by atoms with E-state index in [0.29, 0.717) is 30.2 Å². The van der Waals surface area contributed by atoms with Crippen molar-refractivity contribution in [2.24, 2.45) is 0 Å². The van der Waals surface area contributed by atoms with Gasteiger partial charge in [0.15, 0.2) is 5.76 Å². The normalized spacial score (nSPS) is 15.3. The number of nitrogens with one attached hydrogen (secondary N) is 1. The van der Waals surface area contributed by atoms with Crippen molar-refractivity contribution in [1.29, 1.82) is 0 Å². The molecule has 0 aliphatic carbocycles. The van der Waals surface area contributed by atoms with Crippen LogP contribution in [0.1, 0.15) is 28.7 Å². The van der Waals surface area contributed by atoms with Gasteiger partial charge in [-0.25, -0.2) is 8.42 Å². The van der Waals surface area contributed by atoms with Gasteiger partial charge in [-0.2, -0.15) is 4.72 Å². The summed E-state index contributed by atoms with van der Waals surface area (Å²) in [6.45, 7) is 5.69. The quantitative estimate of drug-likeness (QED) is 0.620. The molecule has 1 aliphatic rings. The van der Waals surface area contributed by atoms with E-state index < -0.39 is 16.1 Å². The van der Waals surface area contributed by atoms with Crippen molar-refractivity contribution in [3.8, 4) is 11.5 Å². The Kier molecular flexibility index (Phi) is 7.28. The average Bonchev–Trinajstić information content (AvgIpc) is 3.16. The van der Waals surface area contributed by atoms with Crippen LogP contribution in [0.3, 0.4) is 0 Å². The molecule has 0 bridgehead atoms. The van der Waals surface area contributed by atoms with Crippen LogP contribution in [-0.2, 0) is 14.8 Å². The van der Waals surface area contributed by atoms with Crippen LogP contribution in [0.2, 0.25) is 0 Å². The van der Waals surface area contributed by atoms with Gasteiger partial charge in [0.05, 0.1) is 20.3 Å². The van der Waals surface area contributed by atoms with E-state index in [2.05, 4.69) is 9.88 Å². The zero-order chi connectivity index (χ0) is 24.3. The third-order valence-corrected chi connectivity index (χ3v) is 7.20. The number of methoxy groups -OCH3 is 2. The zero-order valence-corrected chi connectivity index (χ0v) is 20.1. The molecule has 33 heavy (non-hydrogen) atoms. The SMILES string of the molecule is COc1cc(OC)cc(C(=O)N2CCN(C(=O)[C@H](C)NS(=O)(=O)c3c(C)noc3C)CC2)c1. The second-order valence-corrected chi connectivity index (χ2v) is 9.37. The lowest BCUT2D eigenvalue weighted by atomic mass is 10.1. The highest BCUT2D eigenvalue weighted by Gasteiger charge is 2.32. The van der Waals surface area contributed by atoms with Crippen LogP contribution in [0.25, 0.3) is 0 Å². The van der Waals surface area contributed by atoms with Crippen molar-refractivity contribution in [1.82, 2.24) is 19.7 Å². The molecule has 2 heterocycles. The lowest BCUT2D eigenvalue weighted by Gasteiger charge is -2.36. The maximum absolute atomic E-state index is 12.9. The van der Waals surface area contributed by atoms with E-state index in [-0.39, 0.29) is 41.3 Å². The summed E-state index contributed by atoms with van der Waals surface area (Å²) < 4.78 is 43.1. The lowest BCUT2D eigenvalue weighted by Crippen LogP contribution is -2.55. The summed E-state index contributed by atoms with van der Waals surface area (Å²) in [6.07, 6.45) is 0. The highest BCUT2D eigenvalue weighted by molar-refractivity contribution is 7.89. The van der Waals surface area contributed by atoms with Gasteiger partial charge in [-0.05, 0) is 32.9 Å². The minimum atomic E-state index is -3.98. The van der Waals surface area contributed by atoms with Gasteiger partial charge in [-0.15, -0.1) is 0 Å². The van der Waals surface area contributed by atoms with Crippen molar-refractivity contribution in [3.63, 3.8) is 0 Å². The molecule has 2 aromatic rings. The van der Waals surface area contributed by atoms with Crippen molar-refractivity contribution in [2.75, 3.05) is 40.4 Å². The number of aryl methyl sites for hydroxylation is 2. The molecule has 180 valence electrons. The number of carbonyl (C=O) groups excluding carboxylic acids is 2. The summed E-state index contributed by atoms with van der Waals surface area (Å²) >= 11 is 0. The first-order chi connectivity index (χ1) is 15.6. The number of benzene rings is 1. The number of hydrogen-bond acceptors (Lipinski definition) is 8. The standard InChI is InChI=1S/C21H28N4O7S/c1-13-19(15(3)32-22-13)33(28,29)23-14(2)20(26)24-6-8-25(9-7-24)21(27)16-10-17(30-4)12-18(11-16)31-5/h10-12,14,23H,6-9H2,1-5H3/t14-/m0/s1. The number of rotatable bonds is 7. The molecular formula is C21H28N4O7S. The van der Waals surface area contributed by atoms with Crippen molar-refractivity contribution in [2.45, 2.75) is 31.7 Å². The van der Waals surface area contributed by atoms with Gasteiger partial charge in [-0.3, -0.25) is 9.59 Å². The van der Waals surface area contributed by atoms with E-state index in [1.807, 2.05) is 0 Å². The van der Waals surface area contributed by atoms with Gasteiger partial charge in [0.2, 0.25) is 15.9 Å². The molecule has 12 heteroatoms. The van der Waals surface area contributed by atoms with Gasteiger partial charge < -0.3 is 23.8 Å². The number of hydrogen-bond donors (Lipinski definition) is 1. The second kappa shape index (κ2) is 9.79. The minimum absolute atomic E-state index is 0.0636. The lowest BCUT2D eigenvalue weighted by molar-refractivity contribution is -0.134. The fourth-order valence-electron chi connectivity index (χ4n) is 3.72. The molecule has 3 rings (SSSR count). The fourth-order valence-corrected chi connectivity index (χ4v) is 5.24. The van der Waals surface area contributed by atoms with Crippen molar-refractivity contribution < 1.29 is 32.0 Å². The van der Waals surface area contributed by atoms with Crippen LogP contribution >= 0.6 is 0 Å². The summed E-state index contributed by atoms with van der Waals surface area (Å²) in [4.78, 5) is 28.9. The third-order valence-electron chi connectivity index (χ3n) is 5.42. The number of ether oxygens (including phenoxy) is 2. The molecule has 1 aliphatic heterocycles. The zero-order valence-electron chi connectivity index (χ0n) is 19.2. The third kappa shape index (κ3) is 5.28. The summed E-state index contributed by atoms with van der Waals surface area (Å²) in [5.74, 6) is 0.588. The topological polar surface area (TPSA) is 131 Å². The molecule has 0 spiro atoms. The molecular weight excluding hydrogens is 452 g/mol. The van der Waals surface area contributed by atoms with Gasteiger partial charge >= 0.3 is 0 Å². The van der Waals surface area contributed by atoms with Gasteiger partial charge in [0.25, 0.3) is 5.91 Å². The first-order valence-corrected chi connectivity index (χ1v) is 11.8. The Labute approximate surface area is 192 Å². The molecule has 1 saturated heterocycles. The van der Waals surface area contributed by atoms with E-state index >= 15 is 0 Å². The maximum Gasteiger partial charge on any atom is 0.254 e. The second-order valence-electron chi connectivity index (χ2n) is 7.72. The van der Waals surface area contributed by atoms with E-state index in [0.717, 1.165) is 0 Å². The van der Waals surface area contributed by atoms with E-state index in [4.69, 9.17) is 14.0 Å². The number of sulfonamides is 1. The Morgan fingerprint density at radius 1 is 1.03 bits per heavy atom. The summed E-state index contributed by atoms with van der Waals surface area (Å²) in [7, 11) is -0.960. The Bertz CT molecular complexity index is 1100. The van der Waals surface area contributed by atoms with Crippen molar-refractivity contribution in [3.05, 3.63) is 35.2 Å². The van der Waals surface area contributed by atoms with Gasteiger partial charge in [0.1, 0.15) is 22.1 Å².